The van der Waals surface area contributed by atoms with Crippen molar-refractivity contribution < 1.29 is 4.74 Å². The quantitative estimate of drug-likeness (QED) is 0.785. The van der Waals surface area contributed by atoms with E-state index in [4.69, 9.17) is 10.5 Å². The molecule has 2 aliphatic heterocycles. The van der Waals surface area contributed by atoms with Crippen LogP contribution in [0.2, 0.25) is 0 Å². The fourth-order valence-electron chi connectivity index (χ4n) is 2.66. The molecule has 2 N–H and O–H groups in total. The number of nitrogens with two attached hydrogens (primary N) is 1. The predicted molar refractivity (Wildman–Crippen MR) is 69.8 cm³/mol. The Bertz CT molecular complexity index is 280. The Kier molecular flexibility index (Phi) is 4.42. The zero-order valence-corrected chi connectivity index (χ0v) is 11.1. The molecular formula is C13H25N3O. The van der Waals surface area contributed by atoms with Gasteiger partial charge < -0.3 is 20.3 Å². The van der Waals surface area contributed by atoms with Crippen molar-refractivity contribution in [1.82, 2.24) is 9.80 Å². The number of nitrogens with zero attached hydrogens (tertiary/aromatic N) is 2. The molecule has 17 heavy (non-hydrogen) atoms. The lowest BCUT2D eigenvalue weighted by Crippen LogP contribution is -2.51. The zero-order valence-electron chi connectivity index (χ0n) is 11.1. The van der Waals surface area contributed by atoms with E-state index in [9.17, 15) is 0 Å². The number of piperazine rings is 1. The Morgan fingerprint density at radius 2 is 2.29 bits per heavy atom. The van der Waals surface area contributed by atoms with Crippen molar-refractivity contribution in [3.8, 4) is 0 Å². The molecule has 4 nitrogen and oxygen atoms in total. The number of rotatable bonds is 3. The van der Waals surface area contributed by atoms with Crippen LogP contribution in [0.5, 0.6) is 0 Å². The highest BCUT2D eigenvalue weighted by atomic mass is 16.5. The van der Waals surface area contributed by atoms with E-state index in [-0.39, 0.29) is 6.04 Å². The fraction of sp³-hybridized carbons (Fsp3) is 0.846. The van der Waals surface area contributed by atoms with Crippen LogP contribution in [0.4, 0.5) is 0 Å². The van der Waals surface area contributed by atoms with Gasteiger partial charge in [-0.1, -0.05) is 0 Å². The van der Waals surface area contributed by atoms with Gasteiger partial charge in [-0.2, -0.15) is 0 Å². The van der Waals surface area contributed by atoms with Crippen molar-refractivity contribution in [2.24, 2.45) is 5.73 Å². The molecule has 98 valence electrons. The third-order valence-electron chi connectivity index (χ3n) is 3.94. The lowest BCUT2D eigenvalue weighted by Gasteiger charge is -2.39. The van der Waals surface area contributed by atoms with E-state index < -0.39 is 0 Å². The van der Waals surface area contributed by atoms with Crippen molar-refractivity contribution in [3.05, 3.63) is 11.8 Å². The molecule has 1 saturated heterocycles. The van der Waals surface area contributed by atoms with Crippen molar-refractivity contribution in [2.75, 3.05) is 40.3 Å². The zero-order chi connectivity index (χ0) is 12.3. The molecule has 2 atom stereocenters. The first-order chi connectivity index (χ1) is 8.16. The summed E-state index contributed by atoms with van der Waals surface area (Å²) in [5.74, 6) is 0. The van der Waals surface area contributed by atoms with E-state index in [2.05, 4.69) is 23.9 Å². The predicted octanol–water partition coefficient (Wildman–Crippen LogP) is 0.644. The maximum atomic E-state index is 6.29. The average Bonchev–Trinajstić information content (AvgIpc) is 2.35. The molecule has 0 amide bonds. The number of hydrogen-bond acceptors (Lipinski definition) is 4. The molecule has 0 aromatic carbocycles. The Morgan fingerprint density at radius 1 is 1.47 bits per heavy atom. The molecule has 0 bridgehead atoms. The largest absolute Gasteiger partial charge is 0.501 e. The molecule has 0 aromatic heterocycles. The van der Waals surface area contributed by atoms with Crippen LogP contribution in [0, 0.1) is 0 Å². The van der Waals surface area contributed by atoms with Gasteiger partial charge in [0.15, 0.2) is 0 Å². The van der Waals surface area contributed by atoms with Gasteiger partial charge in [0.25, 0.3) is 0 Å². The first kappa shape index (κ1) is 12.9. The van der Waals surface area contributed by atoms with Gasteiger partial charge >= 0.3 is 0 Å². The van der Waals surface area contributed by atoms with Crippen molar-refractivity contribution in [1.29, 1.82) is 0 Å². The highest BCUT2D eigenvalue weighted by molar-refractivity contribution is 5.10. The second-order valence-electron chi connectivity index (χ2n) is 5.41. The number of likely N-dealkylation sites (N-methyl/N-ethyl adjacent to an activating group) is 2. The smallest absolute Gasteiger partial charge is 0.0876 e. The number of hydrogen-bond donors (Lipinski definition) is 1. The van der Waals surface area contributed by atoms with Crippen molar-refractivity contribution in [2.45, 2.75) is 31.3 Å². The van der Waals surface area contributed by atoms with Crippen LogP contribution < -0.4 is 5.73 Å². The number of ether oxygens (including phenoxy) is 1. The third kappa shape index (κ3) is 3.44. The van der Waals surface area contributed by atoms with Crippen molar-refractivity contribution in [3.63, 3.8) is 0 Å². The molecule has 0 saturated carbocycles. The van der Waals surface area contributed by atoms with Gasteiger partial charge in [-0.15, -0.1) is 0 Å². The molecule has 1 fully saturated rings. The van der Waals surface area contributed by atoms with Crippen LogP contribution >= 0.6 is 0 Å². The molecule has 4 heteroatoms. The summed E-state index contributed by atoms with van der Waals surface area (Å²) >= 11 is 0. The summed E-state index contributed by atoms with van der Waals surface area (Å²) in [5, 5.41) is 0. The third-order valence-corrected chi connectivity index (χ3v) is 3.94. The topological polar surface area (TPSA) is 41.7 Å². The lowest BCUT2D eigenvalue weighted by molar-refractivity contribution is 0.105. The summed E-state index contributed by atoms with van der Waals surface area (Å²) in [5.41, 5.74) is 7.58. The fourth-order valence-corrected chi connectivity index (χ4v) is 2.66. The SMILES string of the molecule is CN1CCN(C)C(CC(N)C2=COCCC2)C1. The van der Waals surface area contributed by atoms with Gasteiger partial charge in [-0.3, -0.25) is 0 Å². The Hall–Kier alpha value is -0.580. The molecule has 0 radical (unpaired) electrons. The van der Waals surface area contributed by atoms with Crippen LogP contribution in [0.3, 0.4) is 0 Å². The Morgan fingerprint density at radius 3 is 3.00 bits per heavy atom. The second kappa shape index (κ2) is 5.85. The molecule has 0 aromatic rings. The van der Waals surface area contributed by atoms with Crippen LogP contribution in [-0.2, 0) is 4.74 Å². The first-order valence-corrected chi connectivity index (χ1v) is 6.61. The van der Waals surface area contributed by atoms with Crippen LogP contribution in [0.25, 0.3) is 0 Å². The van der Waals surface area contributed by atoms with Gasteiger partial charge in [-0.25, -0.2) is 0 Å². The van der Waals surface area contributed by atoms with Gasteiger partial charge in [0.05, 0.1) is 12.9 Å². The van der Waals surface area contributed by atoms with Crippen LogP contribution in [0.15, 0.2) is 11.8 Å². The normalized spacial score (nSPS) is 29.6. The maximum Gasteiger partial charge on any atom is 0.0876 e. The van der Waals surface area contributed by atoms with Gasteiger partial charge in [0, 0.05) is 31.7 Å². The monoisotopic (exact) mass is 239 g/mol. The molecular weight excluding hydrogens is 214 g/mol. The standard InChI is InChI=1S/C13H25N3O/c1-15-5-6-16(2)12(9-15)8-13(14)11-4-3-7-17-10-11/h10,12-13H,3-9,14H2,1-2H3. The second-order valence-corrected chi connectivity index (χ2v) is 5.41. The van der Waals surface area contributed by atoms with Gasteiger partial charge in [0.1, 0.15) is 0 Å². The highest BCUT2D eigenvalue weighted by Gasteiger charge is 2.25. The maximum absolute atomic E-state index is 6.29. The van der Waals surface area contributed by atoms with E-state index in [1.807, 2.05) is 6.26 Å². The summed E-state index contributed by atoms with van der Waals surface area (Å²) in [7, 11) is 4.39. The van der Waals surface area contributed by atoms with E-state index in [0.717, 1.165) is 45.5 Å². The Balaban J connectivity index is 1.88. The van der Waals surface area contributed by atoms with Crippen molar-refractivity contribution >= 4 is 0 Å². The average molecular weight is 239 g/mol. The molecule has 2 unspecified atom stereocenters. The molecule has 2 rings (SSSR count). The first-order valence-electron chi connectivity index (χ1n) is 6.61. The minimum Gasteiger partial charge on any atom is -0.501 e. The minimum atomic E-state index is 0.161. The molecule has 0 aliphatic carbocycles. The van der Waals surface area contributed by atoms with Crippen LogP contribution in [-0.4, -0.2) is 62.2 Å². The lowest BCUT2D eigenvalue weighted by atomic mass is 9.95. The van der Waals surface area contributed by atoms with Gasteiger partial charge in [0.2, 0.25) is 0 Å². The van der Waals surface area contributed by atoms with E-state index >= 15 is 0 Å². The van der Waals surface area contributed by atoms with Crippen LogP contribution in [0.1, 0.15) is 19.3 Å². The summed E-state index contributed by atoms with van der Waals surface area (Å²) in [6.07, 6.45) is 5.14. The van der Waals surface area contributed by atoms with E-state index in [1.165, 1.54) is 5.57 Å². The summed E-state index contributed by atoms with van der Waals surface area (Å²) in [4.78, 5) is 4.83. The highest BCUT2D eigenvalue weighted by Crippen LogP contribution is 2.20. The van der Waals surface area contributed by atoms with Gasteiger partial charge in [-0.05, 0) is 38.9 Å². The Labute approximate surface area is 104 Å². The summed E-state index contributed by atoms with van der Waals surface area (Å²) < 4.78 is 5.37. The minimum absolute atomic E-state index is 0.161. The van der Waals surface area contributed by atoms with E-state index in [1.54, 1.807) is 0 Å². The molecule has 2 heterocycles. The summed E-state index contributed by atoms with van der Waals surface area (Å²) in [6, 6.07) is 0.737. The molecule has 0 spiro atoms. The molecule has 2 aliphatic rings. The van der Waals surface area contributed by atoms with E-state index in [0.29, 0.717) is 6.04 Å². The summed E-state index contributed by atoms with van der Waals surface area (Å²) in [6.45, 7) is 4.28.